The molecule has 1 aromatic heterocycles. The molecular formula is C9H11N3O. The maximum atomic E-state index is 11.0. The lowest BCUT2D eigenvalue weighted by Crippen LogP contribution is -2.05. The van der Waals surface area contributed by atoms with Crippen molar-refractivity contribution in [2.75, 3.05) is 0 Å². The Labute approximate surface area is 76.5 Å². The zero-order chi connectivity index (χ0) is 9.84. The molecule has 1 rings (SSSR count). The maximum absolute atomic E-state index is 11.0. The van der Waals surface area contributed by atoms with E-state index in [0.717, 1.165) is 0 Å². The van der Waals surface area contributed by atoms with Crippen LogP contribution in [0.4, 0.5) is 0 Å². The molecule has 4 heteroatoms. The molecule has 0 spiro atoms. The average molecular weight is 177 g/mol. The van der Waals surface area contributed by atoms with Crippen molar-refractivity contribution in [1.29, 1.82) is 0 Å². The third-order valence-electron chi connectivity index (χ3n) is 1.67. The molecule has 0 saturated carbocycles. The van der Waals surface area contributed by atoms with Gasteiger partial charge in [-0.1, -0.05) is 6.07 Å². The molecule has 0 unspecified atom stereocenters. The van der Waals surface area contributed by atoms with Crippen molar-refractivity contribution in [3.63, 3.8) is 0 Å². The molecule has 0 atom stereocenters. The van der Waals surface area contributed by atoms with Crippen LogP contribution in [0.3, 0.4) is 0 Å². The van der Waals surface area contributed by atoms with Gasteiger partial charge in [-0.2, -0.15) is 5.10 Å². The molecule has 0 fully saturated rings. The summed E-state index contributed by atoms with van der Waals surface area (Å²) in [4.78, 5) is 15.1. The first-order valence-corrected chi connectivity index (χ1v) is 3.88. The molecule has 2 N–H and O–H groups in total. The Hall–Kier alpha value is -1.71. The standard InChI is InChI=1S/C9H11N3O/c1-6(12-10)8-4-3-5-9(11-8)7(2)13/h3-5H,10H2,1-2H3. The third kappa shape index (κ3) is 2.11. The van der Waals surface area contributed by atoms with Crippen LogP contribution in [0.2, 0.25) is 0 Å². The second-order valence-corrected chi connectivity index (χ2v) is 2.68. The number of hydrogen-bond donors (Lipinski definition) is 1. The number of nitrogens with two attached hydrogens (primary N) is 1. The first-order chi connectivity index (χ1) is 6.15. The van der Waals surface area contributed by atoms with Crippen LogP contribution in [-0.4, -0.2) is 16.5 Å². The molecule has 0 aromatic carbocycles. The van der Waals surface area contributed by atoms with Gasteiger partial charge in [0.15, 0.2) is 5.78 Å². The summed E-state index contributed by atoms with van der Waals surface area (Å²) in [7, 11) is 0. The summed E-state index contributed by atoms with van der Waals surface area (Å²) in [5.74, 6) is 5.03. The topological polar surface area (TPSA) is 68.3 Å². The van der Waals surface area contributed by atoms with Crippen molar-refractivity contribution >= 4 is 11.5 Å². The number of carbonyl (C=O) groups is 1. The predicted molar refractivity (Wildman–Crippen MR) is 50.6 cm³/mol. The number of hydrogen-bond acceptors (Lipinski definition) is 4. The molecule has 4 nitrogen and oxygen atoms in total. The van der Waals surface area contributed by atoms with E-state index in [-0.39, 0.29) is 5.78 Å². The maximum Gasteiger partial charge on any atom is 0.178 e. The molecule has 0 aliphatic heterocycles. The normalized spacial score (nSPS) is 11.4. The van der Waals surface area contributed by atoms with Gasteiger partial charge < -0.3 is 5.84 Å². The van der Waals surface area contributed by atoms with Crippen LogP contribution >= 0.6 is 0 Å². The van der Waals surface area contributed by atoms with E-state index in [1.165, 1.54) is 6.92 Å². The van der Waals surface area contributed by atoms with Gasteiger partial charge in [0.05, 0.1) is 11.4 Å². The molecule has 1 heterocycles. The number of hydrazone groups is 1. The van der Waals surface area contributed by atoms with Crippen LogP contribution in [-0.2, 0) is 0 Å². The Bertz CT molecular complexity index is 358. The van der Waals surface area contributed by atoms with Gasteiger partial charge in [0.1, 0.15) is 5.69 Å². The monoisotopic (exact) mass is 177 g/mol. The number of ketones is 1. The lowest BCUT2D eigenvalue weighted by Gasteiger charge is -1.99. The zero-order valence-electron chi connectivity index (χ0n) is 7.61. The van der Waals surface area contributed by atoms with Gasteiger partial charge in [-0.3, -0.25) is 4.79 Å². The van der Waals surface area contributed by atoms with E-state index >= 15 is 0 Å². The largest absolute Gasteiger partial charge is 0.323 e. The number of rotatable bonds is 2. The van der Waals surface area contributed by atoms with Gasteiger partial charge in [-0.15, -0.1) is 0 Å². The highest BCUT2D eigenvalue weighted by Gasteiger charge is 2.03. The Kier molecular flexibility index (Phi) is 2.74. The smallest absolute Gasteiger partial charge is 0.178 e. The van der Waals surface area contributed by atoms with E-state index in [2.05, 4.69) is 10.1 Å². The fraction of sp³-hybridized carbons (Fsp3) is 0.222. The second-order valence-electron chi connectivity index (χ2n) is 2.68. The van der Waals surface area contributed by atoms with Crippen LogP contribution in [0, 0.1) is 0 Å². The van der Waals surface area contributed by atoms with Gasteiger partial charge in [0, 0.05) is 6.92 Å². The van der Waals surface area contributed by atoms with Crippen molar-refractivity contribution in [3.8, 4) is 0 Å². The first kappa shape index (κ1) is 9.38. The summed E-state index contributed by atoms with van der Waals surface area (Å²) in [5, 5.41) is 3.50. The van der Waals surface area contributed by atoms with Crippen molar-refractivity contribution in [3.05, 3.63) is 29.6 Å². The minimum atomic E-state index is -0.0633. The number of nitrogens with zero attached hydrogens (tertiary/aromatic N) is 2. The first-order valence-electron chi connectivity index (χ1n) is 3.88. The van der Waals surface area contributed by atoms with Crippen molar-refractivity contribution < 1.29 is 4.79 Å². The molecule has 0 radical (unpaired) electrons. The Balaban J connectivity index is 3.13. The Morgan fingerprint density at radius 2 is 2.00 bits per heavy atom. The molecule has 0 bridgehead atoms. The zero-order valence-corrected chi connectivity index (χ0v) is 7.61. The minimum absolute atomic E-state index is 0.0633. The van der Waals surface area contributed by atoms with Crippen molar-refractivity contribution in [2.24, 2.45) is 10.9 Å². The summed E-state index contributed by atoms with van der Waals surface area (Å²) in [6.45, 7) is 3.22. The summed E-state index contributed by atoms with van der Waals surface area (Å²) < 4.78 is 0. The summed E-state index contributed by atoms with van der Waals surface area (Å²) in [6.07, 6.45) is 0. The Morgan fingerprint density at radius 1 is 1.38 bits per heavy atom. The van der Waals surface area contributed by atoms with Crippen LogP contribution in [0.25, 0.3) is 0 Å². The highest BCUT2D eigenvalue weighted by atomic mass is 16.1. The van der Waals surface area contributed by atoms with E-state index in [1.807, 2.05) is 0 Å². The predicted octanol–water partition coefficient (Wildman–Crippen LogP) is 0.967. The van der Waals surface area contributed by atoms with Crippen molar-refractivity contribution in [2.45, 2.75) is 13.8 Å². The highest BCUT2D eigenvalue weighted by molar-refractivity contribution is 5.98. The number of Topliss-reactive ketones (excluding diaryl/α,β-unsaturated/α-hetero) is 1. The average Bonchev–Trinajstić information content (AvgIpc) is 2.17. The van der Waals surface area contributed by atoms with Gasteiger partial charge in [-0.05, 0) is 19.1 Å². The van der Waals surface area contributed by atoms with Gasteiger partial charge in [-0.25, -0.2) is 4.98 Å². The second kappa shape index (κ2) is 3.80. The lowest BCUT2D eigenvalue weighted by atomic mass is 10.2. The number of carbonyl (C=O) groups excluding carboxylic acids is 1. The SMILES string of the molecule is CC(=O)c1cccc(C(C)=NN)n1. The minimum Gasteiger partial charge on any atom is -0.323 e. The lowest BCUT2D eigenvalue weighted by molar-refractivity contribution is 0.101. The molecule has 68 valence electrons. The fourth-order valence-electron chi connectivity index (χ4n) is 0.898. The molecule has 1 aromatic rings. The van der Waals surface area contributed by atoms with Gasteiger partial charge >= 0.3 is 0 Å². The Morgan fingerprint density at radius 3 is 2.54 bits per heavy atom. The van der Waals surface area contributed by atoms with E-state index in [1.54, 1.807) is 25.1 Å². The molecule has 0 aliphatic carbocycles. The van der Waals surface area contributed by atoms with Crippen LogP contribution in [0.5, 0.6) is 0 Å². The molecular weight excluding hydrogens is 166 g/mol. The molecule has 13 heavy (non-hydrogen) atoms. The van der Waals surface area contributed by atoms with E-state index in [9.17, 15) is 4.79 Å². The summed E-state index contributed by atoms with van der Waals surface area (Å²) in [6, 6.07) is 5.18. The third-order valence-corrected chi connectivity index (χ3v) is 1.67. The van der Waals surface area contributed by atoms with E-state index < -0.39 is 0 Å². The van der Waals surface area contributed by atoms with Crippen LogP contribution in [0.1, 0.15) is 30.0 Å². The van der Waals surface area contributed by atoms with E-state index in [4.69, 9.17) is 5.84 Å². The molecule has 0 amide bonds. The number of pyridine rings is 1. The van der Waals surface area contributed by atoms with Gasteiger partial charge in [0.2, 0.25) is 0 Å². The molecule has 0 aliphatic rings. The summed E-state index contributed by atoms with van der Waals surface area (Å²) in [5.41, 5.74) is 1.68. The van der Waals surface area contributed by atoms with Crippen molar-refractivity contribution in [1.82, 2.24) is 4.98 Å². The highest BCUT2D eigenvalue weighted by Crippen LogP contribution is 2.01. The number of aromatic nitrogens is 1. The fourth-order valence-corrected chi connectivity index (χ4v) is 0.898. The van der Waals surface area contributed by atoms with Crippen LogP contribution in [0.15, 0.2) is 23.3 Å². The molecule has 0 saturated heterocycles. The van der Waals surface area contributed by atoms with Crippen LogP contribution < -0.4 is 5.84 Å². The van der Waals surface area contributed by atoms with E-state index in [0.29, 0.717) is 17.1 Å². The summed E-state index contributed by atoms with van der Waals surface area (Å²) >= 11 is 0. The van der Waals surface area contributed by atoms with Gasteiger partial charge in [0.25, 0.3) is 0 Å². The quantitative estimate of drug-likeness (QED) is 0.316.